The van der Waals surface area contributed by atoms with Crippen molar-refractivity contribution in [3.8, 4) is 0 Å². The number of aliphatic imine (C=N–C) groups is 1. The average molecular weight is 345 g/mol. The van der Waals surface area contributed by atoms with Gasteiger partial charge in [0.05, 0.1) is 11.4 Å². The fourth-order valence-electron chi connectivity index (χ4n) is 3.05. The molecule has 1 unspecified atom stereocenters. The monoisotopic (exact) mass is 345 g/mol. The third-order valence-corrected chi connectivity index (χ3v) is 4.31. The summed E-state index contributed by atoms with van der Waals surface area (Å²) in [5.41, 5.74) is 3.10. The zero-order valence-corrected chi connectivity index (χ0v) is 13.9. The van der Waals surface area contributed by atoms with Crippen LogP contribution in [0.15, 0.2) is 78.0 Å². The number of benzene rings is 2. The molecule has 2 aromatic carbocycles. The van der Waals surface area contributed by atoms with Gasteiger partial charge in [0, 0.05) is 29.9 Å². The minimum Gasteiger partial charge on any atom is -0.324 e. The molecule has 0 radical (unpaired) electrons. The van der Waals surface area contributed by atoms with Crippen LogP contribution in [-0.2, 0) is 11.2 Å². The number of aromatic nitrogens is 1. The highest BCUT2D eigenvalue weighted by Crippen LogP contribution is 2.26. The topological polar surface area (TPSA) is 54.4 Å². The van der Waals surface area contributed by atoms with Gasteiger partial charge in [0.2, 0.25) is 5.91 Å². The maximum atomic E-state index is 14.5. The van der Waals surface area contributed by atoms with Crippen molar-refractivity contribution < 1.29 is 9.18 Å². The summed E-state index contributed by atoms with van der Waals surface area (Å²) in [6, 6.07) is 16.9. The Morgan fingerprint density at radius 1 is 0.962 bits per heavy atom. The number of carbonyl (C=O) groups excluding carboxylic acids is 1. The first-order valence-corrected chi connectivity index (χ1v) is 8.34. The number of para-hydroxylation sites is 1. The van der Waals surface area contributed by atoms with E-state index in [-0.39, 0.29) is 11.7 Å². The number of fused-ring (bicyclic) bond motifs is 1. The number of benzodiazepines with no additional fused rings is 1. The molecule has 26 heavy (non-hydrogen) atoms. The van der Waals surface area contributed by atoms with Crippen molar-refractivity contribution in [2.24, 2.45) is 4.99 Å². The minimum atomic E-state index is -0.666. The summed E-state index contributed by atoms with van der Waals surface area (Å²) in [5, 5.41) is 2.92. The average Bonchev–Trinajstić information content (AvgIpc) is 2.80. The number of hydrogen-bond donors (Lipinski definition) is 1. The van der Waals surface area contributed by atoms with E-state index in [2.05, 4.69) is 15.3 Å². The standard InChI is InChI=1S/C21H16FN3O/c22-17-9-3-1-7-15(17)20-16-8-2-4-10-18(16)25-21(26)19(24-20)12-14-6-5-11-23-13-14/h1-11,13,19H,12H2,(H,25,26). The van der Waals surface area contributed by atoms with Crippen molar-refractivity contribution in [3.05, 3.63) is 95.6 Å². The SMILES string of the molecule is O=C1Nc2ccccc2C(c2ccccc2F)=NC1Cc1cccnc1. The number of halogens is 1. The largest absolute Gasteiger partial charge is 0.324 e. The number of rotatable bonds is 3. The zero-order valence-electron chi connectivity index (χ0n) is 13.9. The van der Waals surface area contributed by atoms with Crippen LogP contribution in [0.2, 0.25) is 0 Å². The quantitative estimate of drug-likeness (QED) is 0.788. The first-order chi connectivity index (χ1) is 12.7. The van der Waals surface area contributed by atoms with Crippen LogP contribution in [0.1, 0.15) is 16.7 Å². The third-order valence-electron chi connectivity index (χ3n) is 4.31. The molecular formula is C21H16FN3O. The lowest BCUT2D eigenvalue weighted by atomic mass is 10.00. The molecular weight excluding hydrogens is 329 g/mol. The summed E-state index contributed by atoms with van der Waals surface area (Å²) in [5.74, 6) is -0.580. The molecule has 0 spiro atoms. The van der Waals surface area contributed by atoms with E-state index < -0.39 is 6.04 Å². The van der Waals surface area contributed by atoms with Crippen molar-refractivity contribution in [1.82, 2.24) is 4.98 Å². The Morgan fingerprint density at radius 2 is 1.73 bits per heavy atom. The van der Waals surface area contributed by atoms with E-state index in [1.165, 1.54) is 6.07 Å². The lowest BCUT2D eigenvalue weighted by molar-refractivity contribution is -0.117. The van der Waals surface area contributed by atoms with Gasteiger partial charge in [-0.1, -0.05) is 36.4 Å². The van der Waals surface area contributed by atoms with Gasteiger partial charge < -0.3 is 5.32 Å². The highest BCUT2D eigenvalue weighted by atomic mass is 19.1. The number of nitrogens with zero attached hydrogens (tertiary/aromatic N) is 2. The maximum absolute atomic E-state index is 14.5. The molecule has 5 heteroatoms. The van der Waals surface area contributed by atoms with Crippen LogP contribution in [-0.4, -0.2) is 22.6 Å². The highest BCUT2D eigenvalue weighted by molar-refractivity contribution is 6.19. The molecule has 128 valence electrons. The van der Waals surface area contributed by atoms with Crippen LogP contribution >= 0.6 is 0 Å². The molecule has 1 aromatic heterocycles. The van der Waals surface area contributed by atoms with Crippen LogP contribution in [0.5, 0.6) is 0 Å². The van der Waals surface area contributed by atoms with Gasteiger partial charge in [-0.25, -0.2) is 4.39 Å². The molecule has 1 atom stereocenters. The summed E-state index contributed by atoms with van der Waals surface area (Å²) >= 11 is 0. The Balaban J connectivity index is 1.84. The summed E-state index contributed by atoms with van der Waals surface area (Å²) in [6.07, 6.45) is 3.79. The van der Waals surface area contributed by atoms with Crippen LogP contribution in [0.25, 0.3) is 0 Å². The van der Waals surface area contributed by atoms with E-state index in [0.29, 0.717) is 28.9 Å². The van der Waals surface area contributed by atoms with E-state index in [9.17, 15) is 9.18 Å². The highest BCUT2D eigenvalue weighted by Gasteiger charge is 2.26. The molecule has 3 aromatic rings. The molecule has 0 saturated carbocycles. The summed E-state index contributed by atoms with van der Waals surface area (Å²) in [6.45, 7) is 0. The number of hydrogen-bond acceptors (Lipinski definition) is 3. The second-order valence-corrected chi connectivity index (χ2v) is 6.07. The van der Waals surface area contributed by atoms with Crippen LogP contribution in [0, 0.1) is 5.82 Å². The first-order valence-electron chi connectivity index (χ1n) is 8.34. The molecule has 2 heterocycles. The van der Waals surface area contributed by atoms with E-state index in [1.54, 1.807) is 36.7 Å². The van der Waals surface area contributed by atoms with E-state index in [1.807, 2.05) is 30.3 Å². The molecule has 4 nitrogen and oxygen atoms in total. The van der Waals surface area contributed by atoms with Crippen LogP contribution in [0.4, 0.5) is 10.1 Å². The van der Waals surface area contributed by atoms with Crippen molar-refractivity contribution in [3.63, 3.8) is 0 Å². The maximum Gasteiger partial charge on any atom is 0.249 e. The van der Waals surface area contributed by atoms with Gasteiger partial charge in [0.15, 0.2) is 0 Å². The molecule has 1 amide bonds. The van der Waals surface area contributed by atoms with Crippen molar-refractivity contribution in [2.75, 3.05) is 5.32 Å². The number of nitrogens with one attached hydrogen (secondary N) is 1. The van der Waals surface area contributed by atoms with Gasteiger partial charge in [0.25, 0.3) is 0 Å². The lowest BCUT2D eigenvalue weighted by Crippen LogP contribution is -2.27. The second kappa shape index (κ2) is 6.88. The van der Waals surface area contributed by atoms with Crippen LogP contribution < -0.4 is 5.32 Å². The van der Waals surface area contributed by atoms with Gasteiger partial charge in [-0.2, -0.15) is 0 Å². The summed E-state index contributed by atoms with van der Waals surface area (Å²) in [7, 11) is 0. The van der Waals surface area contributed by atoms with Gasteiger partial charge >= 0.3 is 0 Å². The summed E-state index contributed by atoms with van der Waals surface area (Å²) in [4.78, 5) is 21.5. The number of carbonyl (C=O) groups is 1. The van der Waals surface area contributed by atoms with E-state index in [4.69, 9.17) is 0 Å². The van der Waals surface area contributed by atoms with Crippen molar-refractivity contribution >= 4 is 17.3 Å². The van der Waals surface area contributed by atoms with Crippen molar-refractivity contribution in [1.29, 1.82) is 0 Å². The fraction of sp³-hybridized carbons (Fsp3) is 0.0952. The van der Waals surface area contributed by atoms with Gasteiger partial charge in [-0.05, 0) is 29.8 Å². The Bertz CT molecular complexity index is 985. The normalized spacial score (nSPS) is 16.3. The molecule has 0 saturated heterocycles. The van der Waals surface area contributed by atoms with Crippen LogP contribution in [0.3, 0.4) is 0 Å². The Labute approximate surface area is 150 Å². The molecule has 0 bridgehead atoms. The minimum absolute atomic E-state index is 0.215. The zero-order chi connectivity index (χ0) is 17.9. The molecule has 1 N–H and O–H groups in total. The van der Waals surface area contributed by atoms with E-state index in [0.717, 1.165) is 5.56 Å². The molecule has 1 aliphatic rings. The fourth-order valence-corrected chi connectivity index (χ4v) is 3.05. The smallest absolute Gasteiger partial charge is 0.249 e. The predicted molar refractivity (Wildman–Crippen MR) is 98.8 cm³/mol. The predicted octanol–water partition coefficient (Wildman–Crippen LogP) is 3.62. The van der Waals surface area contributed by atoms with Gasteiger partial charge in [-0.3, -0.25) is 14.8 Å². The summed E-state index contributed by atoms with van der Waals surface area (Å²) < 4.78 is 14.5. The third kappa shape index (κ3) is 3.11. The Hall–Kier alpha value is -3.34. The van der Waals surface area contributed by atoms with Crippen molar-refractivity contribution in [2.45, 2.75) is 12.5 Å². The number of anilines is 1. The molecule has 0 fully saturated rings. The Kier molecular flexibility index (Phi) is 4.27. The molecule has 0 aliphatic carbocycles. The van der Waals surface area contributed by atoms with Gasteiger partial charge in [0.1, 0.15) is 11.9 Å². The number of amides is 1. The Morgan fingerprint density at radius 3 is 2.50 bits per heavy atom. The second-order valence-electron chi connectivity index (χ2n) is 6.07. The number of pyridine rings is 1. The lowest BCUT2D eigenvalue weighted by Gasteiger charge is -2.11. The van der Waals surface area contributed by atoms with E-state index >= 15 is 0 Å². The van der Waals surface area contributed by atoms with Gasteiger partial charge in [-0.15, -0.1) is 0 Å². The first kappa shape index (κ1) is 16.1. The molecule has 1 aliphatic heterocycles. The molecule has 4 rings (SSSR count).